The summed E-state index contributed by atoms with van der Waals surface area (Å²) in [5.74, 6) is 0.784. The summed E-state index contributed by atoms with van der Waals surface area (Å²) in [6, 6.07) is 14.2. The van der Waals surface area contributed by atoms with Crippen LogP contribution in [0.25, 0.3) is 0 Å². The molecule has 1 amide bonds. The van der Waals surface area contributed by atoms with E-state index in [0.29, 0.717) is 6.54 Å². The number of rotatable bonds is 2. The van der Waals surface area contributed by atoms with Crippen molar-refractivity contribution in [2.45, 2.75) is 26.5 Å². The molecule has 0 fully saturated rings. The molecular weight excluding hydrogens is 377 g/mol. The van der Waals surface area contributed by atoms with Crippen molar-refractivity contribution < 1.29 is 9.53 Å². The molecule has 1 aliphatic rings. The molecule has 1 atom stereocenters. The van der Waals surface area contributed by atoms with Crippen molar-refractivity contribution in [2.24, 2.45) is 0 Å². The van der Waals surface area contributed by atoms with Crippen LogP contribution in [0.4, 0.5) is 5.69 Å². The van der Waals surface area contributed by atoms with Crippen molar-refractivity contribution in [3.63, 3.8) is 0 Å². The van der Waals surface area contributed by atoms with E-state index in [-0.39, 0.29) is 5.91 Å². The van der Waals surface area contributed by atoms with Gasteiger partial charge in [-0.1, -0.05) is 29.8 Å². The maximum Gasteiger partial charge on any atom is 0.268 e. The summed E-state index contributed by atoms with van der Waals surface area (Å²) in [4.78, 5) is 14.3. The number of halogens is 1. The van der Waals surface area contributed by atoms with Gasteiger partial charge in [-0.15, -0.1) is 0 Å². The molecule has 4 heteroatoms. The first kappa shape index (κ1) is 14.4. The molecule has 0 aliphatic carbocycles. The van der Waals surface area contributed by atoms with Crippen molar-refractivity contribution in [1.82, 2.24) is 0 Å². The van der Waals surface area contributed by atoms with E-state index in [1.165, 1.54) is 5.56 Å². The van der Waals surface area contributed by atoms with E-state index in [4.69, 9.17) is 4.74 Å². The van der Waals surface area contributed by atoms with Crippen molar-refractivity contribution in [3.05, 3.63) is 57.2 Å². The predicted molar refractivity (Wildman–Crippen MR) is 91.6 cm³/mol. The quantitative estimate of drug-likeness (QED) is 0.725. The zero-order valence-electron chi connectivity index (χ0n) is 12.0. The van der Waals surface area contributed by atoms with E-state index in [0.717, 1.165) is 20.6 Å². The minimum Gasteiger partial charge on any atom is -0.479 e. The minimum absolute atomic E-state index is 0.00483. The molecule has 0 aromatic heterocycles. The van der Waals surface area contributed by atoms with Gasteiger partial charge in [-0.3, -0.25) is 4.79 Å². The van der Waals surface area contributed by atoms with Crippen LogP contribution in [0.15, 0.2) is 42.5 Å². The second-order valence-corrected chi connectivity index (χ2v) is 6.53. The highest BCUT2D eigenvalue weighted by atomic mass is 127. The van der Waals surface area contributed by atoms with Gasteiger partial charge in [0.2, 0.25) is 0 Å². The van der Waals surface area contributed by atoms with Gasteiger partial charge in [0.1, 0.15) is 5.75 Å². The van der Waals surface area contributed by atoms with Crippen LogP contribution in [-0.2, 0) is 11.3 Å². The molecule has 1 heterocycles. The Morgan fingerprint density at radius 1 is 1.24 bits per heavy atom. The Morgan fingerprint density at radius 2 is 2.05 bits per heavy atom. The summed E-state index contributed by atoms with van der Waals surface area (Å²) < 4.78 is 6.82. The third kappa shape index (κ3) is 2.90. The molecule has 0 bridgehead atoms. The predicted octanol–water partition coefficient (Wildman–Crippen LogP) is 3.91. The number of fused-ring (bicyclic) bond motifs is 1. The van der Waals surface area contributed by atoms with Gasteiger partial charge >= 0.3 is 0 Å². The number of carbonyl (C=O) groups is 1. The fourth-order valence-corrected chi connectivity index (χ4v) is 3.00. The van der Waals surface area contributed by atoms with Crippen LogP contribution in [0, 0.1) is 10.5 Å². The molecule has 1 aliphatic heterocycles. The largest absolute Gasteiger partial charge is 0.479 e. The number of nitrogens with zero attached hydrogens (tertiary/aromatic N) is 1. The molecule has 0 radical (unpaired) electrons. The molecule has 0 saturated carbocycles. The SMILES string of the molecule is Cc1cccc(CN2C(=O)C(C)Oc3cc(I)ccc32)c1. The molecule has 0 N–H and O–H groups in total. The first-order chi connectivity index (χ1) is 10.0. The summed E-state index contributed by atoms with van der Waals surface area (Å²) >= 11 is 2.25. The first-order valence-electron chi connectivity index (χ1n) is 6.88. The maximum atomic E-state index is 12.5. The van der Waals surface area contributed by atoms with Crippen LogP contribution in [0.5, 0.6) is 5.75 Å². The molecule has 0 spiro atoms. The zero-order valence-corrected chi connectivity index (χ0v) is 14.1. The Balaban J connectivity index is 1.99. The van der Waals surface area contributed by atoms with Gasteiger partial charge in [-0.2, -0.15) is 0 Å². The average molecular weight is 393 g/mol. The van der Waals surface area contributed by atoms with Gasteiger partial charge in [0.25, 0.3) is 5.91 Å². The second-order valence-electron chi connectivity index (χ2n) is 5.29. The van der Waals surface area contributed by atoms with Crippen LogP contribution in [0.3, 0.4) is 0 Å². The zero-order chi connectivity index (χ0) is 15.0. The molecule has 108 valence electrons. The fraction of sp³-hybridized carbons (Fsp3) is 0.235. The molecule has 2 aromatic rings. The van der Waals surface area contributed by atoms with Crippen LogP contribution in [0.1, 0.15) is 18.1 Å². The van der Waals surface area contributed by atoms with Gasteiger partial charge in [0.05, 0.1) is 12.2 Å². The Hall–Kier alpha value is -1.56. The van der Waals surface area contributed by atoms with Crippen LogP contribution < -0.4 is 9.64 Å². The Morgan fingerprint density at radius 3 is 2.81 bits per heavy atom. The highest BCUT2D eigenvalue weighted by Crippen LogP contribution is 2.36. The minimum atomic E-state index is -0.444. The van der Waals surface area contributed by atoms with Gasteiger partial charge in [0.15, 0.2) is 6.10 Å². The number of aryl methyl sites for hydroxylation is 1. The monoisotopic (exact) mass is 393 g/mol. The van der Waals surface area contributed by atoms with Crippen molar-refractivity contribution in [2.75, 3.05) is 4.90 Å². The van der Waals surface area contributed by atoms with Gasteiger partial charge in [-0.25, -0.2) is 0 Å². The van der Waals surface area contributed by atoms with E-state index >= 15 is 0 Å². The summed E-state index contributed by atoms with van der Waals surface area (Å²) in [6.45, 7) is 4.43. The standard InChI is InChI=1S/C17H16INO2/c1-11-4-3-5-13(8-11)10-19-15-7-6-14(18)9-16(15)21-12(2)17(19)20/h3-9,12H,10H2,1-2H3. The molecule has 3 nitrogen and oxygen atoms in total. The lowest BCUT2D eigenvalue weighted by Gasteiger charge is -2.33. The van der Waals surface area contributed by atoms with Gasteiger partial charge in [-0.05, 0) is 60.2 Å². The van der Waals surface area contributed by atoms with Crippen LogP contribution in [0.2, 0.25) is 0 Å². The van der Waals surface area contributed by atoms with E-state index in [9.17, 15) is 4.79 Å². The van der Waals surface area contributed by atoms with E-state index in [1.54, 1.807) is 6.92 Å². The number of anilines is 1. The lowest BCUT2D eigenvalue weighted by Crippen LogP contribution is -2.44. The normalized spacial score (nSPS) is 17.4. The molecule has 0 saturated heterocycles. The van der Waals surface area contributed by atoms with Crippen molar-refractivity contribution in [3.8, 4) is 5.75 Å². The molecular formula is C17H16INO2. The summed E-state index contributed by atoms with van der Waals surface area (Å²) in [5, 5.41) is 0. The third-order valence-corrected chi connectivity index (χ3v) is 4.22. The Labute approximate surface area is 138 Å². The number of benzene rings is 2. The molecule has 1 unspecified atom stereocenters. The third-order valence-electron chi connectivity index (χ3n) is 3.55. The Kier molecular flexibility index (Phi) is 3.89. The van der Waals surface area contributed by atoms with Crippen LogP contribution in [-0.4, -0.2) is 12.0 Å². The highest BCUT2D eigenvalue weighted by molar-refractivity contribution is 14.1. The number of hydrogen-bond acceptors (Lipinski definition) is 2. The van der Waals surface area contributed by atoms with E-state index in [1.807, 2.05) is 35.2 Å². The number of carbonyl (C=O) groups excluding carboxylic acids is 1. The number of amides is 1. The van der Waals surface area contributed by atoms with Crippen LogP contribution >= 0.6 is 22.6 Å². The van der Waals surface area contributed by atoms with Gasteiger partial charge in [0, 0.05) is 3.57 Å². The van der Waals surface area contributed by atoms with Gasteiger partial charge < -0.3 is 9.64 Å². The summed E-state index contributed by atoms with van der Waals surface area (Å²) in [5.41, 5.74) is 3.17. The topological polar surface area (TPSA) is 29.5 Å². The maximum absolute atomic E-state index is 12.5. The smallest absolute Gasteiger partial charge is 0.268 e. The summed E-state index contributed by atoms with van der Waals surface area (Å²) in [7, 11) is 0. The van der Waals surface area contributed by atoms with E-state index in [2.05, 4.69) is 41.6 Å². The fourth-order valence-electron chi connectivity index (χ4n) is 2.54. The highest BCUT2D eigenvalue weighted by Gasteiger charge is 2.31. The lowest BCUT2D eigenvalue weighted by atomic mass is 10.1. The first-order valence-corrected chi connectivity index (χ1v) is 7.95. The van der Waals surface area contributed by atoms with Crippen molar-refractivity contribution in [1.29, 1.82) is 0 Å². The summed E-state index contributed by atoms with van der Waals surface area (Å²) in [6.07, 6.45) is -0.444. The average Bonchev–Trinajstić information content (AvgIpc) is 2.44. The Bertz CT molecular complexity index is 699. The van der Waals surface area contributed by atoms with Crippen molar-refractivity contribution >= 4 is 34.2 Å². The second kappa shape index (κ2) is 5.67. The molecule has 3 rings (SSSR count). The number of hydrogen-bond donors (Lipinski definition) is 0. The number of ether oxygens (including phenoxy) is 1. The molecule has 2 aromatic carbocycles. The lowest BCUT2D eigenvalue weighted by molar-refractivity contribution is -0.125. The van der Waals surface area contributed by atoms with E-state index < -0.39 is 6.10 Å². The molecule has 21 heavy (non-hydrogen) atoms.